The van der Waals surface area contributed by atoms with E-state index in [1.54, 1.807) is 41.3 Å². The molecule has 0 atom stereocenters. The van der Waals surface area contributed by atoms with Crippen molar-refractivity contribution in [3.63, 3.8) is 0 Å². The molecule has 3 aromatic carbocycles. The van der Waals surface area contributed by atoms with Crippen LogP contribution in [0, 0.1) is 0 Å². The van der Waals surface area contributed by atoms with Gasteiger partial charge in [-0.15, -0.1) is 0 Å². The van der Waals surface area contributed by atoms with Gasteiger partial charge < -0.3 is 15.0 Å². The van der Waals surface area contributed by atoms with E-state index in [2.05, 4.69) is 5.32 Å². The van der Waals surface area contributed by atoms with E-state index in [4.69, 9.17) is 16.3 Å². The van der Waals surface area contributed by atoms with E-state index in [9.17, 15) is 9.59 Å². The first-order chi connectivity index (χ1) is 13.6. The molecule has 28 heavy (non-hydrogen) atoms. The van der Waals surface area contributed by atoms with Crippen LogP contribution in [0.25, 0.3) is 0 Å². The first-order valence-electron chi connectivity index (χ1n) is 8.78. The molecule has 0 saturated carbocycles. The third kappa shape index (κ3) is 3.85. The summed E-state index contributed by atoms with van der Waals surface area (Å²) in [5.74, 6) is 0.394. The minimum atomic E-state index is -0.207. The lowest BCUT2D eigenvalue weighted by atomic mass is 10.1. The van der Waals surface area contributed by atoms with Gasteiger partial charge in [-0.05, 0) is 54.1 Å². The molecule has 0 radical (unpaired) electrons. The first kappa shape index (κ1) is 18.1. The molecule has 0 unspecified atom stereocenters. The van der Waals surface area contributed by atoms with Gasteiger partial charge in [-0.1, -0.05) is 35.9 Å². The molecule has 0 spiro atoms. The highest BCUT2D eigenvalue weighted by Crippen LogP contribution is 2.32. The summed E-state index contributed by atoms with van der Waals surface area (Å²) in [6, 6.07) is 21.6. The minimum Gasteiger partial charge on any atom is -0.482 e. The van der Waals surface area contributed by atoms with Crippen LogP contribution in [-0.4, -0.2) is 18.4 Å². The molecule has 3 aromatic rings. The number of rotatable bonds is 4. The van der Waals surface area contributed by atoms with Gasteiger partial charge in [0.2, 0.25) is 0 Å². The number of ether oxygens (including phenoxy) is 1. The number of amides is 2. The smallest absolute Gasteiger partial charge is 0.265 e. The van der Waals surface area contributed by atoms with Crippen molar-refractivity contribution in [3.05, 3.63) is 88.9 Å². The van der Waals surface area contributed by atoms with Gasteiger partial charge in [0.1, 0.15) is 5.75 Å². The molecule has 1 heterocycles. The number of benzene rings is 3. The molecule has 1 N–H and O–H groups in total. The number of hydrogen-bond acceptors (Lipinski definition) is 3. The summed E-state index contributed by atoms with van der Waals surface area (Å²) in [6.07, 6.45) is 0. The summed E-state index contributed by atoms with van der Waals surface area (Å²) in [4.78, 5) is 26.4. The molecule has 140 valence electrons. The molecule has 0 fully saturated rings. The van der Waals surface area contributed by atoms with Crippen molar-refractivity contribution < 1.29 is 14.3 Å². The van der Waals surface area contributed by atoms with Gasteiger partial charge in [-0.3, -0.25) is 9.59 Å². The lowest BCUT2D eigenvalue weighted by Gasteiger charge is -2.29. The highest BCUT2D eigenvalue weighted by molar-refractivity contribution is 6.30. The van der Waals surface area contributed by atoms with Crippen molar-refractivity contribution in [1.29, 1.82) is 0 Å². The van der Waals surface area contributed by atoms with Crippen LogP contribution in [0.3, 0.4) is 0 Å². The Hall–Kier alpha value is -3.31. The van der Waals surface area contributed by atoms with Gasteiger partial charge in [-0.2, -0.15) is 0 Å². The summed E-state index contributed by atoms with van der Waals surface area (Å²) < 4.78 is 5.47. The number of nitrogens with one attached hydrogen (secondary N) is 1. The fraction of sp³-hybridized carbons (Fsp3) is 0.0909. The first-order valence-corrected chi connectivity index (χ1v) is 9.16. The van der Waals surface area contributed by atoms with Crippen LogP contribution < -0.4 is 15.0 Å². The second-order valence-corrected chi connectivity index (χ2v) is 6.83. The Morgan fingerprint density at radius 1 is 1.00 bits per heavy atom. The van der Waals surface area contributed by atoms with Crippen LogP contribution in [0.2, 0.25) is 5.02 Å². The normalized spacial score (nSPS) is 12.9. The number of carbonyl (C=O) groups is 2. The summed E-state index contributed by atoms with van der Waals surface area (Å²) in [7, 11) is 0. The van der Waals surface area contributed by atoms with Gasteiger partial charge in [0.05, 0.1) is 12.2 Å². The third-order valence-corrected chi connectivity index (χ3v) is 4.72. The second kappa shape index (κ2) is 7.74. The van der Waals surface area contributed by atoms with Crippen LogP contribution >= 0.6 is 11.6 Å². The number of carbonyl (C=O) groups excluding carboxylic acids is 2. The molecule has 0 aromatic heterocycles. The number of anilines is 2. The zero-order valence-electron chi connectivity index (χ0n) is 14.9. The molecule has 5 nitrogen and oxygen atoms in total. The molecule has 6 heteroatoms. The standard InChI is InChI=1S/C22H17ClN2O3/c23-17-9-11-18(12-10-17)24-22(27)16-7-5-15(6-8-16)13-25-19-3-1-2-4-20(19)28-14-21(25)26/h1-12H,13-14H2,(H,24,27). The SMILES string of the molecule is O=C(Nc1ccc(Cl)cc1)c1ccc(CN2C(=O)COc3ccccc32)cc1. The Bertz CT molecular complexity index is 1020. The van der Waals surface area contributed by atoms with Gasteiger partial charge in [-0.25, -0.2) is 0 Å². The number of para-hydroxylation sites is 2. The van der Waals surface area contributed by atoms with Crippen LogP contribution in [0.1, 0.15) is 15.9 Å². The van der Waals surface area contributed by atoms with Crippen LogP contribution in [0.4, 0.5) is 11.4 Å². The van der Waals surface area contributed by atoms with Crippen molar-refractivity contribution >= 4 is 34.8 Å². The van der Waals surface area contributed by atoms with Gasteiger partial charge in [0.25, 0.3) is 11.8 Å². The Morgan fingerprint density at radius 3 is 2.46 bits per heavy atom. The van der Waals surface area contributed by atoms with Gasteiger partial charge in [0.15, 0.2) is 6.61 Å². The van der Waals surface area contributed by atoms with Gasteiger partial charge in [0, 0.05) is 16.3 Å². The lowest BCUT2D eigenvalue weighted by Crippen LogP contribution is -2.38. The monoisotopic (exact) mass is 392 g/mol. The number of fused-ring (bicyclic) bond motifs is 1. The fourth-order valence-corrected chi connectivity index (χ4v) is 3.13. The largest absolute Gasteiger partial charge is 0.482 e. The molecular formula is C22H17ClN2O3. The highest BCUT2D eigenvalue weighted by Gasteiger charge is 2.25. The maximum absolute atomic E-state index is 12.4. The Labute approximate surface area is 167 Å². The predicted octanol–water partition coefficient (Wildman–Crippen LogP) is 4.52. The summed E-state index contributed by atoms with van der Waals surface area (Å²) >= 11 is 5.86. The molecule has 1 aliphatic heterocycles. The highest BCUT2D eigenvalue weighted by atomic mass is 35.5. The maximum Gasteiger partial charge on any atom is 0.265 e. The molecular weight excluding hydrogens is 376 g/mol. The van der Waals surface area contributed by atoms with Crippen molar-refractivity contribution in [2.75, 3.05) is 16.8 Å². The molecule has 0 bridgehead atoms. The van der Waals surface area contributed by atoms with Crippen LogP contribution in [-0.2, 0) is 11.3 Å². The van der Waals surface area contributed by atoms with Crippen molar-refractivity contribution in [2.45, 2.75) is 6.54 Å². The zero-order chi connectivity index (χ0) is 19.5. The maximum atomic E-state index is 12.4. The average Bonchev–Trinajstić information content (AvgIpc) is 2.72. The van der Waals surface area contributed by atoms with E-state index in [0.29, 0.717) is 28.6 Å². The van der Waals surface area contributed by atoms with Gasteiger partial charge >= 0.3 is 0 Å². The fourth-order valence-electron chi connectivity index (χ4n) is 3.01. The minimum absolute atomic E-state index is 0.0264. The predicted molar refractivity (Wildman–Crippen MR) is 109 cm³/mol. The molecule has 2 amide bonds. The van der Waals surface area contributed by atoms with E-state index in [-0.39, 0.29) is 18.4 Å². The third-order valence-electron chi connectivity index (χ3n) is 4.47. The molecule has 4 rings (SSSR count). The summed E-state index contributed by atoms with van der Waals surface area (Å²) in [6.45, 7) is 0.441. The Morgan fingerprint density at radius 2 is 1.71 bits per heavy atom. The van der Waals surface area contributed by atoms with E-state index >= 15 is 0 Å². The number of nitrogens with zero attached hydrogens (tertiary/aromatic N) is 1. The van der Waals surface area contributed by atoms with E-state index in [0.717, 1.165) is 11.3 Å². The average molecular weight is 393 g/mol. The van der Waals surface area contributed by atoms with E-state index < -0.39 is 0 Å². The lowest BCUT2D eigenvalue weighted by molar-refractivity contribution is -0.121. The zero-order valence-corrected chi connectivity index (χ0v) is 15.6. The summed E-state index contributed by atoms with van der Waals surface area (Å²) in [5, 5.41) is 3.44. The molecule has 0 aliphatic carbocycles. The van der Waals surface area contributed by atoms with Crippen molar-refractivity contribution in [3.8, 4) is 5.75 Å². The summed E-state index contributed by atoms with van der Waals surface area (Å²) in [5.41, 5.74) is 2.89. The number of halogens is 1. The quantitative estimate of drug-likeness (QED) is 0.710. The second-order valence-electron chi connectivity index (χ2n) is 6.39. The molecule has 1 aliphatic rings. The molecule has 0 saturated heterocycles. The van der Waals surface area contributed by atoms with Crippen LogP contribution in [0.5, 0.6) is 5.75 Å². The number of hydrogen-bond donors (Lipinski definition) is 1. The van der Waals surface area contributed by atoms with E-state index in [1.807, 2.05) is 36.4 Å². The van der Waals surface area contributed by atoms with Crippen LogP contribution in [0.15, 0.2) is 72.8 Å². The topological polar surface area (TPSA) is 58.6 Å². The van der Waals surface area contributed by atoms with Crippen molar-refractivity contribution in [1.82, 2.24) is 0 Å². The van der Waals surface area contributed by atoms with E-state index in [1.165, 1.54) is 0 Å². The Balaban J connectivity index is 1.47. The Kier molecular flexibility index (Phi) is 5.00. The van der Waals surface area contributed by atoms with Crippen molar-refractivity contribution in [2.24, 2.45) is 0 Å².